The lowest BCUT2D eigenvalue weighted by molar-refractivity contribution is 0.379. The Bertz CT molecular complexity index is 389. The van der Waals surface area contributed by atoms with E-state index in [4.69, 9.17) is 0 Å². The third-order valence-electron chi connectivity index (χ3n) is 4.04. The molecule has 2 heterocycles. The molecular weight excluding hydrogens is 280 g/mol. The first-order valence-electron chi connectivity index (χ1n) is 7.22. The van der Waals surface area contributed by atoms with E-state index in [1.807, 2.05) is 11.8 Å². The minimum Gasteiger partial charge on any atom is -0.316 e. The van der Waals surface area contributed by atoms with Crippen molar-refractivity contribution in [3.05, 3.63) is 0 Å². The van der Waals surface area contributed by atoms with Gasteiger partial charge in [0.05, 0.1) is 5.75 Å². The summed E-state index contributed by atoms with van der Waals surface area (Å²) in [6.45, 7) is 7.66. The third-order valence-corrected chi connectivity index (χ3v) is 7.45. The van der Waals surface area contributed by atoms with Crippen LogP contribution in [0.1, 0.15) is 33.1 Å². The van der Waals surface area contributed by atoms with E-state index in [-0.39, 0.29) is 4.75 Å². The smallest absolute Gasteiger partial charge is 0.214 e. The largest absolute Gasteiger partial charge is 0.316 e. The van der Waals surface area contributed by atoms with Gasteiger partial charge in [0.15, 0.2) is 0 Å². The van der Waals surface area contributed by atoms with Crippen LogP contribution in [0.15, 0.2) is 0 Å². The zero-order valence-corrected chi connectivity index (χ0v) is 13.7. The maximum Gasteiger partial charge on any atom is 0.214 e. The Hall–Kier alpha value is 0.220. The summed E-state index contributed by atoms with van der Waals surface area (Å²) in [5, 5.41) is 3.30. The molecule has 0 aromatic carbocycles. The van der Waals surface area contributed by atoms with E-state index in [1.165, 1.54) is 0 Å². The maximum atomic E-state index is 12.5. The fourth-order valence-corrected chi connectivity index (χ4v) is 5.79. The Balaban J connectivity index is 1.94. The van der Waals surface area contributed by atoms with Crippen LogP contribution in [0.4, 0.5) is 0 Å². The van der Waals surface area contributed by atoms with E-state index in [9.17, 15) is 8.42 Å². The van der Waals surface area contributed by atoms with E-state index in [0.717, 1.165) is 38.1 Å². The van der Waals surface area contributed by atoms with Crippen LogP contribution in [0.5, 0.6) is 0 Å². The van der Waals surface area contributed by atoms with Gasteiger partial charge in [-0.3, -0.25) is 0 Å². The summed E-state index contributed by atoms with van der Waals surface area (Å²) < 4.78 is 26.9. The topological polar surface area (TPSA) is 49.4 Å². The normalized spacial score (nSPS) is 29.9. The molecule has 112 valence electrons. The fraction of sp³-hybridized carbons (Fsp3) is 1.00. The molecule has 4 nitrogen and oxygen atoms in total. The average Bonchev–Trinajstić information content (AvgIpc) is 2.51. The molecule has 2 saturated heterocycles. The second-order valence-electron chi connectivity index (χ2n) is 6.25. The van der Waals surface area contributed by atoms with Crippen molar-refractivity contribution in [2.75, 3.05) is 37.7 Å². The highest BCUT2D eigenvalue weighted by molar-refractivity contribution is 8.00. The van der Waals surface area contributed by atoms with E-state index >= 15 is 0 Å². The summed E-state index contributed by atoms with van der Waals surface area (Å²) in [4.78, 5) is 0. The Morgan fingerprint density at radius 2 is 2.16 bits per heavy atom. The van der Waals surface area contributed by atoms with Gasteiger partial charge in [-0.2, -0.15) is 11.8 Å². The first-order chi connectivity index (χ1) is 8.89. The third kappa shape index (κ3) is 4.62. The lowest BCUT2D eigenvalue weighted by Crippen LogP contribution is -2.41. The van der Waals surface area contributed by atoms with Crippen molar-refractivity contribution in [3.63, 3.8) is 0 Å². The van der Waals surface area contributed by atoms with E-state index in [0.29, 0.717) is 24.8 Å². The molecule has 2 fully saturated rings. The number of nitrogens with one attached hydrogen (secondary N) is 1. The molecule has 0 spiro atoms. The van der Waals surface area contributed by atoms with Crippen LogP contribution in [-0.4, -0.2) is 55.2 Å². The van der Waals surface area contributed by atoms with Gasteiger partial charge in [0.2, 0.25) is 10.0 Å². The molecule has 0 saturated carbocycles. The van der Waals surface area contributed by atoms with Crippen LogP contribution >= 0.6 is 11.8 Å². The summed E-state index contributed by atoms with van der Waals surface area (Å²) in [6, 6.07) is 0. The van der Waals surface area contributed by atoms with Crippen LogP contribution < -0.4 is 5.32 Å². The van der Waals surface area contributed by atoms with Crippen LogP contribution in [-0.2, 0) is 10.0 Å². The second kappa shape index (κ2) is 6.33. The van der Waals surface area contributed by atoms with Gasteiger partial charge in [0, 0.05) is 23.6 Å². The Morgan fingerprint density at radius 3 is 2.84 bits per heavy atom. The summed E-state index contributed by atoms with van der Waals surface area (Å²) >= 11 is 1.89. The summed E-state index contributed by atoms with van der Waals surface area (Å²) in [5.41, 5.74) is 0. The van der Waals surface area contributed by atoms with Crippen molar-refractivity contribution in [2.45, 2.75) is 37.9 Å². The van der Waals surface area contributed by atoms with E-state index < -0.39 is 10.0 Å². The molecule has 0 amide bonds. The van der Waals surface area contributed by atoms with E-state index in [2.05, 4.69) is 19.2 Å². The molecule has 1 atom stereocenters. The number of rotatable bonds is 3. The minimum atomic E-state index is -3.08. The van der Waals surface area contributed by atoms with Gasteiger partial charge in [-0.1, -0.05) is 13.8 Å². The van der Waals surface area contributed by atoms with Crippen molar-refractivity contribution >= 4 is 21.8 Å². The molecule has 2 aliphatic rings. The predicted molar refractivity (Wildman–Crippen MR) is 82.1 cm³/mol. The zero-order chi connectivity index (χ0) is 13.9. The number of nitrogens with zero attached hydrogens (tertiary/aromatic N) is 1. The molecule has 19 heavy (non-hydrogen) atoms. The number of sulfonamides is 1. The van der Waals surface area contributed by atoms with E-state index in [1.54, 1.807) is 4.31 Å². The molecule has 0 aromatic rings. The monoisotopic (exact) mass is 306 g/mol. The second-order valence-corrected chi connectivity index (χ2v) is 10.1. The SMILES string of the molecule is CC1(C)CCN(S(=O)(=O)CC2CCCNC2)CCS1. The lowest BCUT2D eigenvalue weighted by atomic mass is 10.0. The predicted octanol–water partition coefficient (Wildman–Crippen LogP) is 1.53. The molecule has 1 unspecified atom stereocenters. The highest BCUT2D eigenvalue weighted by Gasteiger charge is 2.31. The summed E-state index contributed by atoms with van der Waals surface area (Å²) in [7, 11) is -3.08. The molecular formula is C13H26N2O2S2. The average molecular weight is 306 g/mol. The van der Waals surface area contributed by atoms with Gasteiger partial charge in [-0.25, -0.2) is 12.7 Å². The van der Waals surface area contributed by atoms with Crippen LogP contribution in [0.3, 0.4) is 0 Å². The number of hydrogen-bond acceptors (Lipinski definition) is 4. The van der Waals surface area contributed by atoms with Gasteiger partial charge in [-0.15, -0.1) is 0 Å². The molecule has 0 aromatic heterocycles. The van der Waals surface area contributed by atoms with Crippen molar-refractivity contribution < 1.29 is 8.42 Å². The van der Waals surface area contributed by atoms with Gasteiger partial charge in [0.1, 0.15) is 0 Å². The summed E-state index contributed by atoms with van der Waals surface area (Å²) in [5.74, 6) is 1.53. The van der Waals surface area contributed by atoms with Gasteiger partial charge in [-0.05, 0) is 38.3 Å². The maximum absolute atomic E-state index is 12.5. The molecule has 6 heteroatoms. The zero-order valence-electron chi connectivity index (χ0n) is 12.0. The lowest BCUT2D eigenvalue weighted by Gasteiger charge is -2.27. The molecule has 2 aliphatic heterocycles. The highest BCUT2D eigenvalue weighted by Crippen LogP contribution is 2.31. The quantitative estimate of drug-likeness (QED) is 0.859. The van der Waals surface area contributed by atoms with Crippen molar-refractivity contribution in [2.24, 2.45) is 5.92 Å². The minimum absolute atomic E-state index is 0.205. The van der Waals surface area contributed by atoms with Crippen molar-refractivity contribution in [3.8, 4) is 0 Å². The molecule has 1 N–H and O–H groups in total. The number of piperidine rings is 1. The molecule has 0 radical (unpaired) electrons. The Kier molecular flexibility index (Phi) is 5.20. The Morgan fingerprint density at radius 1 is 1.37 bits per heavy atom. The highest BCUT2D eigenvalue weighted by atomic mass is 32.2. The number of hydrogen-bond donors (Lipinski definition) is 1. The van der Waals surface area contributed by atoms with Crippen molar-refractivity contribution in [1.29, 1.82) is 0 Å². The van der Waals surface area contributed by atoms with Gasteiger partial charge in [0.25, 0.3) is 0 Å². The molecule has 0 bridgehead atoms. The fourth-order valence-electron chi connectivity index (χ4n) is 2.75. The van der Waals surface area contributed by atoms with Crippen LogP contribution in [0.2, 0.25) is 0 Å². The van der Waals surface area contributed by atoms with Gasteiger partial charge < -0.3 is 5.32 Å². The number of thioether (sulfide) groups is 1. The molecule has 0 aliphatic carbocycles. The molecule has 2 rings (SSSR count). The summed E-state index contributed by atoms with van der Waals surface area (Å²) in [6.07, 6.45) is 3.09. The Labute approximate surface area is 121 Å². The first-order valence-corrected chi connectivity index (χ1v) is 9.81. The van der Waals surface area contributed by atoms with Crippen LogP contribution in [0, 0.1) is 5.92 Å². The van der Waals surface area contributed by atoms with Crippen molar-refractivity contribution in [1.82, 2.24) is 9.62 Å². The first kappa shape index (κ1) is 15.6. The van der Waals surface area contributed by atoms with Crippen LogP contribution in [0.25, 0.3) is 0 Å². The standard InChI is InChI=1S/C13H26N2O2S2/c1-13(2)5-7-15(8-9-18-13)19(16,17)11-12-4-3-6-14-10-12/h12,14H,3-11H2,1-2H3. The van der Waals surface area contributed by atoms with Gasteiger partial charge >= 0.3 is 0 Å².